The van der Waals surface area contributed by atoms with E-state index in [2.05, 4.69) is 111 Å². The predicted octanol–water partition coefficient (Wildman–Crippen LogP) is 11.8. The monoisotopic (exact) mass is 788 g/mol. The van der Waals surface area contributed by atoms with Gasteiger partial charge in [-0.25, -0.2) is 4.57 Å². The second-order valence-electron chi connectivity index (χ2n) is 13.1. The van der Waals surface area contributed by atoms with E-state index in [-0.39, 0.29) is 32.6 Å². The van der Waals surface area contributed by atoms with Gasteiger partial charge in [0.15, 0.2) is 6.10 Å². The summed E-state index contributed by atoms with van der Waals surface area (Å²) < 4.78 is 32.7. The summed E-state index contributed by atoms with van der Waals surface area (Å²) in [5.41, 5.74) is 5.34. The molecule has 0 aliphatic carbocycles. The van der Waals surface area contributed by atoms with Crippen LogP contribution >= 0.6 is 7.82 Å². The van der Waals surface area contributed by atoms with Gasteiger partial charge in [-0.05, 0) is 89.9 Å². The average molecular weight is 788 g/mol. The van der Waals surface area contributed by atoms with E-state index in [1.807, 2.05) is 0 Å². The largest absolute Gasteiger partial charge is 0.472 e. The Morgan fingerprint density at radius 3 is 1.44 bits per heavy atom. The molecule has 0 spiro atoms. The number of nitrogens with two attached hydrogens (primary N) is 1. The fraction of sp³-hybridized carbons (Fsp3) is 0.600. The molecular weight excluding hydrogens is 713 g/mol. The fourth-order valence-electron chi connectivity index (χ4n) is 4.97. The smallest absolute Gasteiger partial charge is 0.462 e. The van der Waals surface area contributed by atoms with Crippen LogP contribution in [0.2, 0.25) is 0 Å². The maximum absolute atomic E-state index is 12.6. The van der Waals surface area contributed by atoms with Crippen LogP contribution in [0.5, 0.6) is 0 Å². The van der Waals surface area contributed by atoms with Crippen LogP contribution in [0, 0.1) is 0 Å². The van der Waals surface area contributed by atoms with Gasteiger partial charge in [0.1, 0.15) is 6.61 Å². The lowest BCUT2D eigenvalue weighted by atomic mass is 10.1. The molecule has 0 saturated heterocycles. The zero-order chi connectivity index (χ0) is 40.3. The maximum atomic E-state index is 12.6. The molecule has 0 heterocycles. The lowest BCUT2D eigenvalue weighted by molar-refractivity contribution is -0.161. The molecule has 2 unspecified atom stereocenters. The van der Waals surface area contributed by atoms with Crippen molar-refractivity contribution in [2.24, 2.45) is 5.73 Å². The molecule has 2 atom stereocenters. The van der Waals surface area contributed by atoms with Crippen LogP contribution < -0.4 is 5.73 Å². The fourth-order valence-corrected chi connectivity index (χ4v) is 5.73. The zero-order valence-corrected chi connectivity index (χ0v) is 35.0. The highest BCUT2D eigenvalue weighted by Gasteiger charge is 2.25. The van der Waals surface area contributed by atoms with Crippen molar-refractivity contribution in [2.45, 2.75) is 148 Å². The normalized spacial score (nSPS) is 14.3. The Hall–Kier alpha value is -3.07. The number of allylic oxidation sites excluding steroid dienone is 16. The molecule has 0 radical (unpaired) electrons. The topological polar surface area (TPSA) is 134 Å². The molecule has 0 aromatic carbocycles. The summed E-state index contributed by atoms with van der Waals surface area (Å²) in [6.45, 7) is 3.41. The van der Waals surface area contributed by atoms with Crippen molar-refractivity contribution in [3.63, 3.8) is 0 Å². The van der Waals surface area contributed by atoms with Gasteiger partial charge in [-0.1, -0.05) is 137 Å². The van der Waals surface area contributed by atoms with Crippen molar-refractivity contribution in [3.05, 3.63) is 97.2 Å². The number of ether oxygens (including phenoxy) is 2. The Morgan fingerprint density at radius 2 is 0.945 bits per heavy atom. The van der Waals surface area contributed by atoms with E-state index >= 15 is 0 Å². The van der Waals surface area contributed by atoms with Crippen molar-refractivity contribution < 1.29 is 37.6 Å². The lowest BCUT2D eigenvalue weighted by Gasteiger charge is -2.19. The molecular formula is C45H74NO8P. The first-order valence-corrected chi connectivity index (χ1v) is 22.2. The summed E-state index contributed by atoms with van der Waals surface area (Å²) in [4.78, 5) is 34.8. The molecule has 0 saturated carbocycles. The maximum Gasteiger partial charge on any atom is 0.472 e. The zero-order valence-electron chi connectivity index (χ0n) is 34.1. The molecule has 0 amide bonds. The third kappa shape index (κ3) is 40.4. The van der Waals surface area contributed by atoms with Crippen molar-refractivity contribution >= 4 is 19.8 Å². The van der Waals surface area contributed by atoms with Gasteiger partial charge in [-0.2, -0.15) is 0 Å². The van der Waals surface area contributed by atoms with E-state index in [1.165, 1.54) is 0 Å². The van der Waals surface area contributed by atoms with Crippen LogP contribution in [-0.4, -0.2) is 49.3 Å². The number of hydrogen-bond donors (Lipinski definition) is 2. The molecule has 0 aliphatic rings. The third-order valence-corrected chi connectivity index (χ3v) is 8.95. The van der Waals surface area contributed by atoms with Gasteiger partial charge in [-0.15, -0.1) is 0 Å². The molecule has 0 bridgehead atoms. The lowest BCUT2D eigenvalue weighted by Crippen LogP contribution is -2.29. The number of carbonyl (C=O) groups is 2. The van der Waals surface area contributed by atoms with Gasteiger partial charge in [0.25, 0.3) is 0 Å². The third-order valence-electron chi connectivity index (χ3n) is 7.97. The number of hydrogen-bond acceptors (Lipinski definition) is 8. The van der Waals surface area contributed by atoms with Gasteiger partial charge in [0, 0.05) is 19.4 Å². The number of phosphoric acid groups is 1. The van der Waals surface area contributed by atoms with Crippen molar-refractivity contribution in [1.82, 2.24) is 0 Å². The molecule has 9 nitrogen and oxygen atoms in total. The number of carbonyl (C=O) groups excluding carboxylic acids is 2. The molecule has 55 heavy (non-hydrogen) atoms. The van der Waals surface area contributed by atoms with Crippen LogP contribution in [0.25, 0.3) is 0 Å². The van der Waals surface area contributed by atoms with Gasteiger partial charge in [0.05, 0.1) is 13.2 Å². The Morgan fingerprint density at radius 1 is 0.545 bits per heavy atom. The number of phosphoric ester groups is 1. The molecule has 0 aromatic heterocycles. The summed E-state index contributed by atoms with van der Waals surface area (Å²) >= 11 is 0. The highest BCUT2D eigenvalue weighted by atomic mass is 31.2. The first kappa shape index (κ1) is 51.9. The molecule has 3 N–H and O–H groups in total. The number of rotatable bonds is 37. The van der Waals surface area contributed by atoms with Gasteiger partial charge >= 0.3 is 19.8 Å². The van der Waals surface area contributed by atoms with Crippen molar-refractivity contribution in [2.75, 3.05) is 26.4 Å². The van der Waals surface area contributed by atoms with Crippen LogP contribution in [0.15, 0.2) is 97.2 Å². The molecule has 10 heteroatoms. The quantitative estimate of drug-likeness (QED) is 0.0273. The Labute approximate surface area is 334 Å². The minimum atomic E-state index is -4.40. The highest BCUT2D eigenvalue weighted by molar-refractivity contribution is 7.47. The summed E-state index contributed by atoms with van der Waals surface area (Å²) in [6.07, 6.45) is 51.5. The first-order valence-electron chi connectivity index (χ1n) is 20.7. The first-order chi connectivity index (χ1) is 26.8. The summed E-state index contributed by atoms with van der Waals surface area (Å²) in [7, 11) is -4.40. The second-order valence-corrected chi connectivity index (χ2v) is 14.5. The molecule has 0 aliphatic heterocycles. The standard InChI is InChI=1S/C45H74NO8P/c1-3-5-7-9-11-13-15-17-19-20-21-22-24-26-28-30-32-34-36-38-45(48)54-43(42-53-55(49,50)52-40-39-46)41-51-44(47)37-35-33-31-29-27-25-23-18-16-14-12-10-8-6-4-2/h5-8,11-14,17-19,21-23,27,29,43H,3-4,9-10,15-16,20,24-26,28,30-42,46H2,1-2H3,(H,49,50)/b7-5-,8-6-,13-11-,14-12-,19-17-,22-21-,23-18-,29-27-. The average Bonchev–Trinajstić information content (AvgIpc) is 3.17. The Kier molecular flexibility index (Phi) is 38.3. The Balaban J connectivity index is 4.29. The summed E-state index contributed by atoms with van der Waals surface area (Å²) in [5.74, 6) is -0.905. The molecule has 312 valence electrons. The highest BCUT2D eigenvalue weighted by Crippen LogP contribution is 2.43. The predicted molar refractivity (Wildman–Crippen MR) is 228 cm³/mol. The molecule has 0 rings (SSSR count). The molecule has 0 fully saturated rings. The Bertz CT molecular complexity index is 1220. The SMILES string of the molecule is CC/C=C\C/C=C\C/C=C\C/C=C\CCCCCCCCC(=O)OC(COC(=O)CCCC/C=C\C/C=C\C/C=C\C/C=C\CC)COP(=O)(O)OCCN. The summed E-state index contributed by atoms with van der Waals surface area (Å²) in [5, 5.41) is 0. The van der Waals surface area contributed by atoms with Crippen molar-refractivity contribution in [3.8, 4) is 0 Å². The van der Waals surface area contributed by atoms with Crippen LogP contribution in [-0.2, 0) is 32.7 Å². The van der Waals surface area contributed by atoms with E-state index in [9.17, 15) is 19.0 Å². The van der Waals surface area contributed by atoms with E-state index < -0.39 is 32.5 Å². The van der Waals surface area contributed by atoms with Crippen molar-refractivity contribution in [1.29, 1.82) is 0 Å². The van der Waals surface area contributed by atoms with Gasteiger partial charge in [0.2, 0.25) is 0 Å². The summed E-state index contributed by atoms with van der Waals surface area (Å²) in [6, 6.07) is 0. The van der Waals surface area contributed by atoms with Gasteiger partial charge < -0.3 is 20.1 Å². The van der Waals surface area contributed by atoms with E-state index in [0.717, 1.165) is 103 Å². The van der Waals surface area contributed by atoms with Crippen LogP contribution in [0.3, 0.4) is 0 Å². The molecule has 0 aromatic rings. The number of esters is 2. The van der Waals surface area contributed by atoms with E-state index in [1.54, 1.807) is 0 Å². The van der Waals surface area contributed by atoms with Crippen LogP contribution in [0.1, 0.15) is 142 Å². The van der Waals surface area contributed by atoms with Gasteiger partial charge in [-0.3, -0.25) is 18.6 Å². The minimum Gasteiger partial charge on any atom is -0.462 e. The minimum absolute atomic E-state index is 0.0392. The second kappa shape index (κ2) is 40.6. The van der Waals surface area contributed by atoms with Crippen LogP contribution in [0.4, 0.5) is 0 Å². The van der Waals surface area contributed by atoms with E-state index in [4.69, 9.17) is 24.3 Å². The number of unbranched alkanes of at least 4 members (excludes halogenated alkanes) is 8. The van der Waals surface area contributed by atoms with E-state index in [0.29, 0.717) is 12.8 Å².